The molecule has 126 valence electrons. The number of hydrogen-bond acceptors (Lipinski definition) is 3. The fourth-order valence-corrected chi connectivity index (χ4v) is 3.43. The molecule has 1 aliphatic carbocycles. The van der Waals surface area contributed by atoms with Crippen molar-refractivity contribution in [2.24, 2.45) is 5.73 Å². The lowest BCUT2D eigenvalue weighted by molar-refractivity contribution is -0.129. The SMILES string of the molecule is Cl.NC1(C(=O)NCC(=O)N2CCc3ccccc32)CCCCC1. The summed E-state index contributed by atoms with van der Waals surface area (Å²) in [6.45, 7) is 0.702. The summed E-state index contributed by atoms with van der Waals surface area (Å²) in [5.74, 6) is -0.259. The zero-order valence-electron chi connectivity index (χ0n) is 13.2. The van der Waals surface area contributed by atoms with Crippen LogP contribution in [-0.4, -0.2) is 30.4 Å². The maximum atomic E-state index is 12.4. The van der Waals surface area contributed by atoms with Crippen LogP contribution in [0.25, 0.3) is 0 Å². The van der Waals surface area contributed by atoms with Crippen LogP contribution in [0.2, 0.25) is 0 Å². The molecule has 0 atom stereocenters. The van der Waals surface area contributed by atoms with E-state index in [0.29, 0.717) is 19.4 Å². The number of fused-ring (bicyclic) bond motifs is 1. The number of carbonyl (C=O) groups is 2. The summed E-state index contributed by atoms with van der Waals surface area (Å²) in [5.41, 5.74) is 7.54. The van der Waals surface area contributed by atoms with E-state index in [1.807, 2.05) is 24.3 Å². The van der Waals surface area contributed by atoms with Gasteiger partial charge in [-0.15, -0.1) is 12.4 Å². The molecular formula is C17H24ClN3O2. The van der Waals surface area contributed by atoms with Gasteiger partial charge in [-0.05, 0) is 30.9 Å². The van der Waals surface area contributed by atoms with Crippen molar-refractivity contribution in [1.82, 2.24) is 5.32 Å². The molecule has 0 spiro atoms. The molecular weight excluding hydrogens is 314 g/mol. The minimum absolute atomic E-state index is 0. The molecule has 3 N–H and O–H groups in total. The molecule has 0 aromatic heterocycles. The van der Waals surface area contributed by atoms with Crippen LogP contribution in [0.15, 0.2) is 24.3 Å². The largest absolute Gasteiger partial charge is 0.345 e. The molecule has 6 heteroatoms. The fourth-order valence-electron chi connectivity index (χ4n) is 3.43. The minimum atomic E-state index is -0.790. The Balaban J connectivity index is 0.00000192. The molecule has 23 heavy (non-hydrogen) atoms. The Morgan fingerprint density at radius 3 is 2.61 bits per heavy atom. The smallest absolute Gasteiger partial charge is 0.246 e. The number of benzene rings is 1. The van der Waals surface area contributed by atoms with Crippen LogP contribution in [0.3, 0.4) is 0 Å². The molecule has 2 aliphatic rings. The number of anilines is 1. The highest BCUT2D eigenvalue weighted by molar-refractivity contribution is 5.99. The van der Waals surface area contributed by atoms with Crippen molar-refractivity contribution in [1.29, 1.82) is 0 Å². The van der Waals surface area contributed by atoms with Gasteiger partial charge in [-0.25, -0.2) is 0 Å². The molecule has 3 rings (SSSR count). The van der Waals surface area contributed by atoms with Crippen LogP contribution in [0.5, 0.6) is 0 Å². The number of nitrogens with two attached hydrogens (primary N) is 1. The molecule has 0 unspecified atom stereocenters. The van der Waals surface area contributed by atoms with Gasteiger partial charge in [-0.3, -0.25) is 9.59 Å². The third-order valence-electron chi connectivity index (χ3n) is 4.79. The van der Waals surface area contributed by atoms with Crippen molar-refractivity contribution in [3.63, 3.8) is 0 Å². The lowest BCUT2D eigenvalue weighted by Crippen LogP contribution is -2.56. The van der Waals surface area contributed by atoms with Gasteiger partial charge < -0.3 is 16.0 Å². The topological polar surface area (TPSA) is 75.4 Å². The number of amides is 2. The Morgan fingerprint density at radius 2 is 1.87 bits per heavy atom. The highest BCUT2D eigenvalue weighted by Gasteiger charge is 2.35. The van der Waals surface area contributed by atoms with Gasteiger partial charge in [0.15, 0.2) is 0 Å². The van der Waals surface area contributed by atoms with Crippen molar-refractivity contribution in [3.8, 4) is 0 Å². The maximum Gasteiger partial charge on any atom is 0.246 e. The number of carbonyl (C=O) groups excluding carboxylic acids is 2. The lowest BCUT2D eigenvalue weighted by atomic mass is 9.82. The normalized spacial score (nSPS) is 18.7. The van der Waals surface area contributed by atoms with E-state index < -0.39 is 5.54 Å². The second kappa shape index (κ2) is 7.32. The number of hydrogen-bond donors (Lipinski definition) is 2. The number of rotatable bonds is 3. The van der Waals surface area contributed by atoms with Gasteiger partial charge in [0.05, 0.1) is 12.1 Å². The van der Waals surface area contributed by atoms with Crippen LogP contribution < -0.4 is 16.0 Å². The van der Waals surface area contributed by atoms with E-state index in [9.17, 15) is 9.59 Å². The third-order valence-corrected chi connectivity index (χ3v) is 4.79. The van der Waals surface area contributed by atoms with Crippen molar-refractivity contribution in [3.05, 3.63) is 29.8 Å². The zero-order chi connectivity index (χ0) is 15.6. The number of halogens is 1. The Bertz CT molecular complexity index is 585. The first kappa shape index (κ1) is 17.8. The summed E-state index contributed by atoms with van der Waals surface area (Å²) in [7, 11) is 0. The first-order valence-electron chi connectivity index (χ1n) is 8.06. The number of nitrogens with one attached hydrogen (secondary N) is 1. The molecule has 0 radical (unpaired) electrons. The minimum Gasteiger partial charge on any atom is -0.345 e. The molecule has 1 heterocycles. The second-order valence-electron chi connectivity index (χ2n) is 6.32. The van der Waals surface area contributed by atoms with E-state index in [1.54, 1.807) is 4.90 Å². The molecule has 1 fully saturated rings. The Labute approximate surface area is 143 Å². The van der Waals surface area contributed by atoms with E-state index in [0.717, 1.165) is 31.4 Å². The van der Waals surface area contributed by atoms with E-state index in [1.165, 1.54) is 5.56 Å². The van der Waals surface area contributed by atoms with Crippen LogP contribution in [0, 0.1) is 0 Å². The number of para-hydroxylation sites is 1. The maximum absolute atomic E-state index is 12.4. The lowest BCUT2D eigenvalue weighted by Gasteiger charge is -2.32. The van der Waals surface area contributed by atoms with Crippen molar-refractivity contribution in [2.75, 3.05) is 18.0 Å². The van der Waals surface area contributed by atoms with E-state index in [-0.39, 0.29) is 30.8 Å². The standard InChI is InChI=1S/C17H23N3O2.ClH/c18-17(9-4-1-5-10-17)16(22)19-12-15(21)20-11-8-13-6-2-3-7-14(13)20;/h2-3,6-7H,1,4-5,8-12,18H2,(H,19,22);1H. The average Bonchev–Trinajstić information content (AvgIpc) is 2.97. The van der Waals surface area contributed by atoms with Gasteiger partial charge in [0.2, 0.25) is 11.8 Å². The van der Waals surface area contributed by atoms with Gasteiger partial charge in [0, 0.05) is 12.2 Å². The second-order valence-corrected chi connectivity index (χ2v) is 6.32. The van der Waals surface area contributed by atoms with Crippen LogP contribution in [0.1, 0.15) is 37.7 Å². The van der Waals surface area contributed by atoms with Crippen molar-refractivity contribution >= 4 is 29.9 Å². The Hall–Kier alpha value is -1.59. The zero-order valence-corrected chi connectivity index (χ0v) is 14.0. The van der Waals surface area contributed by atoms with Gasteiger partial charge in [0.25, 0.3) is 0 Å². The first-order valence-corrected chi connectivity index (χ1v) is 8.06. The quantitative estimate of drug-likeness (QED) is 0.882. The summed E-state index contributed by atoms with van der Waals surface area (Å²) in [4.78, 5) is 26.4. The molecule has 0 saturated heterocycles. The van der Waals surface area contributed by atoms with E-state index >= 15 is 0 Å². The summed E-state index contributed by atoms with van der Waals surface area (Å²) < 4.78 is 0. The van der Waals surface area contributed by atoms with Gasteiger partial charge in [-0.1, -0.05) is 37.5 Å². The molecule has 1 aromatic carbocycles. The van der Waals surface area contributed by atoms with Gasteiger partial charge in [0.1, 0.15) is 0 Å². The third kappa shape index (κ3) is 3.67. The molecule has 0 bridgehead atoms. The molecule has 2 amide bonds. The summed E-state index contributed by atoms with van der Waals surface area (Å²) in [6.07, 6.45) is 5.39. The highest BCUT2D eigenvalue weighted by Crippen LogP contribution is 2.28. The molecule has 1 aromatic rings. The van der Waals surface area contributed by atoms with Gasteiger partial charge >= 0.3 is 0 Å². The molecule has 5 nitrogen and oxygen atoms in total. The molecule has 1 saturated carbocycles. The van der Waals surface area contributed by atoms with Crippen molar-refractivity contribution in [2.45, 2.75) is 44.1 Å². The van der Waals surface area contributed by atoms with Crippen molar-refractivity contribution < 1.29 is 9.59 Å². The monoisotopic (exact) mass is 337 g/mol. The first-order chi connectivity index (χ1) is 10.6. The predicted octanol–water partition coefficient (Wildman–Crippen LogP) is 1.78. The Kier molecular flexibility index (Phi) is 5.65. The van der Waals surface area contributed by atoms with Crippen LogP contribution in [-0.2, 0) is 16.0 Å². The van der Waals surface area contributed by atoms with Gasteiger partial charge in [-0.2, -0.15) is 0 Å². The summed E-state index contributed by atoms with van der Waals surface area (Å²) in [5, 5.41) is 2.75. The molecule has 1 aliphatic heterocycles. The summed E-state index contributed by atoms with van der Waals surface area (Å²) in [6, 6.07) is 7.90. The average molecular weight is 338 g/mol. The van der Waals surface area contributed by atoms with Crippen LogP contribution in [0.4, 0.5) is 5.69 Å². The van der Waals surface area contributed by atoms with E-state index in [4.69, 9.17) is 5.73 Å². The number of nitrogens with zero attached hydrogens (tertiary/aromatic N) is 1. The predicted molar refractivity (Wildman–Crippen MR) is 92.8 cm³/mol. The van der Waals surface area contributed by atoms with Crippen LogP contribution >= 0.6 is 12.4 Å². The van der Waals surface area contributed by atoms with E-state index in [2.05, 4.69) is 5.32 Å². The Morgan fingerprint density at radius 1 is 1.17 bits per heavy atom. The highest BCUT2D eigenvalue weighted by atomic mass is 35.5. The fraction of sp³-hybridized carbons (Fsp3) is 0.529. The summed E-state index contributed by atoms with van der Waals surface area (Å²) >= 11 is 0.